The fourth-order valence-electron chi connectivity index (χ4n) is 2.51. The van der Waals surface area contributed by atoms with Crippen molar-refractivity contribution < 1.29 is 13.2 Å². The second-order valence-electron chi connectivity index (χ2n) is 5.82. The van der Waals surface area contributed by atoms with E-state index in [0.717, 1.165) is 16.2 Å². The summed E-state index contributed by atoms with van der Waals surface area (Å²) in [6, 6.07) is 9.42. The lowest BCUT2D eigenvalue weighted by atomic mass is 10.2. The van der Waals surface area contributed by atoms with Gasteiger partial charge < -0.3 is 9.88 Å². The molecule has 1 amide bonds. The van der Waals surface area contributed by atoms with Crippen molar-refractivity contribution in [3.05, 3.63) is 63.5 Å². The van der Waals surface area contributed by atoms with E-state index >= 15 is 0 Å². The summed E-state index contributed by atoms with van der Waals surface area (Å²) in [4.78, 5) is 24.2. The molecule has 7 nitrogen and oxygen atoms in total. The molecule has 0 saturated heterocycles. The standard InChI is InChI=1S/C18H22ClN3O4S/c1-3-22(4-2)27(25,26)16-9-10-18(24)21(12-16)13-17(23)20-11-14-5-7-15(19)8-6-14/h5-10,12H,3-4,11,13H2,1-2H3,(H,20,23). The Bertz CT molecular complexity index is 951. The number of rotatable bonds is 8. The third kappa shape index (κ3) is 5.41. The molecule has 146 valence electrons. The van der Waals surface area contributed by atoms with E-state index in [1.165, 1.54) is 16.6 Å². The van der Waals surface area contributed by atoms with E-state index in [0.29, 0.717) is 18.1 Å². The Balaban J connectivity index is 2.13. The van der Waals surface area contributed by atoms with Gasteiger partial charge >= 0.3 is 0 Å². The molecule has 0 radical (unpaired) electrons. The molecule has 1 N–H and O–H groups in total. The van der Waals surface area contributed by atoms with E-state index in [2.05, 4.69) is 5.32 Å². The number of pyridine rings is 1. The first-order valence-electron chi connectivity index (χ1n) is 8.49. The minimum atomic E-state index is -3.71. The zero-order valence-corrected chi connectivity index (χ0v) is 16.8. The molecule has 0 atom stereocenters. The van der Waals surface area contributed by atoms with Crippen LogP contribution in [0.4, 0.5) is 0 Å². The van der Waals surface area contributed by atoms with Gasteiger partial charge in [-0.05, 0) is 23.8 Å². The molecule has 0 aliphatic rings. The molecule has 0 fully saturated rings. The second-order valence-corrected chi connectivity index (χ2v) is 8.20. The van der Waals surface area contributed by atoms with Crippen LogP contribution in [0.1, 0.15) is 19.4 Å². The number of aromatic nitrogens is 1. The van der Waals surface area contributed by atoms with Gasteiger partial charge in [0, 0.05) is 36.9 Å². The van der Waals surface area contributed by atoms with Gasteiger partial charge in [0.2, 0.25) is 15.9 Å². The molecule has 0 bridgehead atoms. The molecule has 0 aliphatic heterocycles. The Labute approximate surface area is 163 Å². The average Bonchev–Trinajstić information content (AvgIpc) is 2.63. The highest BCUT2D eigenvalue weighted by atomic mass is 35.5. The molecule has 2 aromatic rings. The van der Waals surface area contributed by atoms with Crippen LogP contribution in [-0.4, -0.2) is 36.3 Å². The van der Waals surface area contributed by atoms with Crippen LogP contribution in [0, 0.1) is 0 Å². The summed E-state index contributed by atoms with van der Waals surface area (Å²) in [6.45, 7) is 4.12. The van der Waals surface area contributed by atoms with Crippen molar-refractivity contribution in [2.24, 2.45) is 0 Å². The van der Waals surface area contributed by atoms with Gasteiger partial charge in [-0.3, -0.25) is 9.59 Å². The molecule has 1 heterocycles. The van der Waals surface area contributed by atoms with Crippen molar-refractivity contribution in [2.45, 2.75) is 31.8 Å². The van der Waals surface area contributed by atoms with Gasteiger partial charge in [-0.25, -0.2) is 8.42 Å². The number of benzene rings is 1. The number of nitrogens with one attached hydrogen (secondary N) is 1. The summed E-state index contributed by atoms with van der Waals surface area (Å²) in [7, 11) is -3.71. The highest BCUT2D eigenvalue weighted by molar-refractivity contribution is 7.89. The minimum Gasteiger partial charge on any atom is -0.350 e. The van der Waals surface area contributed by atoms with E-state index in [9.17, 15) is 18.0 Å². The van der Waals surface area contributed by atoms with Crippen LogP contribution in [-0.2, 0) is 27.9 Å². The lowest BCUT2D eigenvalue weighted by molar-refractivity contribution is -0.121. The van der Waals surface area contributed by atoms with Gasteiger partial charge in [-0.1, -0.05) is 37.6 Å². The first-order valence-corrected chi connectivity index (χ1v) is 10.3. The molecular formula is C18H22ClN3O4S. The first-order chi connectivity index (χ1) is 12.8. The number of hydrogen-bond acceptors (Lipinski definition) is 4. The monoisotopic (exact) mass is 411 g/mol. The number of sulfonamides is 1. The Morgan fingerprint density at radius 2 is 1.74 bits per heavy atom. The summed E-state index contributed by atoms with van der Waals surface area (Å²) in [6.07, 6.45) is 1.21. The normalized spacial score (nSPS) is 11.6. The fraction of sp³-hybridized carbons (Fsp3) is 0.333. The summed E-state index contributed by atoms with van der Waals surface area (Å²) in [5, 5.41) is 3.30. The third-order valence-electron chi connectivity index (χ3n) is 4.02. The summed E-state index contributed by atoms with van der Waals surface area (Å²) < 4.78 is 27.5. The molecule has 0 spiro atoms. The maximum atomic E-state index is 12.6. The molecular weight excluding hydrogens is 390 g/mol. The Hall–Kier alpha value is -2.16. The predicted molar refractivity (Wildman–Crippen MR) is 104 cm³/mol. The van der Waals surface area contributed by atoms with Crippen molar-refractivity contribution in [2.75, 3.05) is 13.1 Å². The van der Waals surface area contributed by atoms with Gasteiger partial charge in [-0.15, -0.1) is 0 Å². The molecule has 1 aromatic heterocycles. The van der Waals surface area contributed by atoms with Crippen molar-refractivity contribution in [3.63, 3.8) is 0 Å². The van der Waals surface area contributed by atoms with Gasteiger partial charge in [0.1, 0.15) is 6.54 Å². The minimum absolute atomic E-state index is 0.0173. The molecule has 1 aromatic carbocycles. The van der Waals surface area contributed by atoms with Gasteiger partial charge in [0.25, 0.3) is 5.56 Å². The fourth-order valence-corrected chi connectivity index (χ4v) is 4.12. The van der Waals surface area contributed by atoms with Crippen LogP contribution in [0.15, 0.2) is 52.3 Å². The van der Waals surface area contributed by atoms with Gasteiger partial charge in [0.05, 0.1) is 4.90 Å². The van der Waals surface area contributed by atoms with Crippen LogP contribution < -0.4 is 10.9 Å². The molecule has 0 saturated carbocycles. The van der Waals surface area contributed by atoms with Crippen LogP contribution in [0.2, 0.25) is 5.02 Å². The lowest BCUT2D eigenvalue weighted by Gasteiger charge is -2.19. The number of carbonyl (C=O) groups excluding carboxylic acids is 1. The number of nitrogens with zero attached hydrogens (tertiary/aromatic N) is 2. The number of hydrogen-bond donors (Lipinski definition) is 1. The van der Waals surface area contributed by atoms with Gasteiger partial charge in [0.15, 0.2) is 0 Å². The Morgan fingerprint density at radius 1 is 1.11 bits per heavy atom. The van der Waals surface area contributed by atoms with Crippen LogP contribution in [0.3, 0.4) is 0 Å². The van der Waals surface area contributed by atoms with Crippen LogP contribution >= 0.6 is 11.6 Å². The van der Waals surface area contributed by atoms with Crippen LogP contribution in [0.5, 0.6) is 0 Å². The van der Waals surface area contributed by atoms with E-state index in [-0.39, 0.29) is 18.0 Å². The maximum Gasteiger partial charge on any atom is 0.251 e. The summed E-state index contributed by atoms with van der Waals surface area (Å²) >= 11 is 5.82. The Kier molecular flexibility index (Phi) is 7.18. The topological polar surface area (TPSA) is 88.5 Å². The number of halogens is 1. The number of amides is 1. The van der Waals surface area contributed by atoms with E-state index in [1.54, 1.807) is 38.1 Å². The van der Waals surface area contributed by atoms with Crippen molar-refractivity contribution in [1.82, 2.24) is 14.2 Å². The van der Waals surface area contributed by atoms with Crippen molar-refractivity contribution in [3.8, 4) is 0 Å². The van der Waals surface area contributed by atoms with Crippen molar-refractivity contribution >= 4 is 27.5 Å². The smallest absolute Gasteiger partial charge is 0.251 e. The van der Waals surface area contributed by atoms with Gasteiger partial charge in [-0.2, -0.15) is 4.31 Å². The quantitative estimate of drug-likeness (QED) is 0.717. The van der Waals surface area contributed by atoms with Crippen LogP contribution in [0.25, 0.3) is 0 Å². The van der Waals surface area contributed by atoms with E-state index in [4.69, 9.17) is 11.6 Å². The third-order valence-corrected chi connectivity index (χ3v) is 6.30. The molecule has 9 heteroatoms. The lowest BCUT2D eigenvalue weighted by Crippen LogP contribution is -2.34. The van der Waals surface area contributed by atoms with E-state index < -0.39 is 21.5 Å². The first kappa shape index (κ1) is 21.1. The molecule has 0 unspecified atom stereocenters. The second kappa shape index (κ2) is 9.16. The Morgan fingerprint density at radius 3 is 2.33 bits per heavy atom. The highest BCUT2D eigenvalue weighted by Crippen LogP contribution is 2.13. The zero-order chi connectivity index (χ0) is 20.0. The molecule has 0 aliphatic carbocycles. The molecule has 27 heavy (non-hydrogen) atoms. The summed E-state index contributed by atoms with van der Waals surface area (Å²) in [5.74, 6) is -0.399. The van der Waals surface area contributed by atoms with Crippen molar-refractivity contribution in [1.29, 1.82) is 0 Å². The highest BCUT2D eigenvalue weighted by Gasteiger charge is 2.22. The van der Waals surface area contributed by atoms with E-state index in [1.807, 2.05) is 0 Å². The average molecular weight is 412 g/mol. The maximum absolute atomic E-state index is 12.6. The zero-order valence-electron chi connectivity index (χ0n) is 15.2. The largest absolute Gasteiger partial charge is 0.350 e. The molecule has 2 rings (SSSR count). The SMILES string of the molecule is CCN(CC)S(=O)(=O)c1ccc(=O)n(CC(=O)NCc2ccc(Cl)cc2)c1. The predicted octanol–water partition coefficient (Wildman–Crippen LogP) is 1.85. The number of carbonyl (C=O) groups is 1. The summed E-state index contributed by atoms with van der Waals surface area (Å²) in [5.41, 5.74) is 0.410.